The Labute approximate surface area is 157 Å². The van der Waals surface area contributed by atoms with Crippen molar-refractivity contribution in [3.8, 4) is 0 Å². The third kappa shape index (κ3) is 4.59. The van der Waals surface area contributed by atoms with E-state index >= 15 is 0 Å². The van der Waals surface area contributed by atoms with E-state index in [0.29, 0.717) is 21.6 Å². The van der Waals surface area contributed by atoms with E-state index in [1.165, 1.54) is 17.6 Å². The Balaban J connectivity index is 1.71. The number of aliphatic hydroxyl groups is 1. The zero-order chi connectivity index (χ0) is 19.7. The van der Waals surface area contributed by atoms with Crippen molar-refractivity contribution in [1.82, 2.24) is 4.72 Å². The maximum Gasteiger partial charge on any atom is 0.416 e. The second-order valence-electron chi connectivity index (χ2n) is 5.57. The van der Waals surface area contributed by atoms with Crippen LogP contribution in [0, 0.1) is 0 Å². The average Bonchev–Trinajstić information content (AvgIpc) is 3.31. The molecule has 27 heavy (non-hydrogen) atoms. The molecule has 1 unspecified atom stereocenters. The van der Waals surface area contributed by atoms with Gasteiger partial charge >= 0.3 is 6.18 Å². The van der Waals surface area contributed by atoms with Crippen molar-refractivity contribution >= 4 is 21.4 Å². The van der Waals surface area contributed by atoms with Crippen molar-refractivity contribution < 1.29 is 31.1 Å². The number of thiophene rings is 1. The largest absolute Gasteiger partial charge is 0.466 e. The van der Waals surface area contributed by atoms with Crippen molar-refractivity contribution in [2.24, 2.45) is 0 Å². The van der Waals surface area contributed by atoms with Crippen molar-refractivity contribution in [2.75, 3.05) is 0 Å². The Morgan fingerprint density at radius 2 is 1.93 bits per heavy atom. The third-order valence-corrected chi connectivity index (χ3v) is 6.21. The lowest BCUT2D eigenvalue weighted by Crippen LogP contribution is -2.23. The zero-order valence-corrected chi connectivity index (χ0v) is 15.2. The van der Waals surface area contributed by atoms with Crippen LogP contribution in [0.3, 0.4) is 0 Å². The Bertz CT molecular complexity index is 1010. The summed E-state index contributed by atoms with van der Waals surface area (Å²) in [6, 6.07) is 10.0. The van der Waals surface area contributed by atoms with Crippen LogP contribution in [0.15, 0.2) is 64.1 Å². The molecule has 0 saturated heterocycles. The SMILES string of the molecule is O=S(=O)(NCc1ccc(C(O)c2ccco2)s1)c1cccc(C(F)(F)F)c1. The number of hydrogen-bond acceptors (Lipinski definition) is 5. The quantitative estimate of drug-likeness (QED) is 0.637. The highest BCUT2D eigenvalue weighted by Crippen LogP contribution is 2.31. The van der Waals surface area contributed by atoms with Crippen LogP contribution >= 0.6 is 11.3 Å². The Kier molecular flexibility index (Phi) is 5.43. The highest BCUT2D eigenvalue weighted by Gasteiger charge is 2.31. The van der Waals surface area contributed by atoms with Gasteiger partial charge in [0.15, 0.2) is 0 Å². The van der Waals surface area contributed by atoms with Crippen molar-refractivity contribution in [3.63, 3.8) is 0 Å². The fourth-order valence-corrected chi connectivity index (χ4v) is 4.40. The van der Waals surface area contributed by atoms with Gasteiger partial charge in [0.1, 0.15) is 11.9 Å². The summed E-state index contributed by atoms with van der Waals surface area (Å²) >= 11 is 1.17. The van der Waals surface area contributed by atoms with Gasteiger partial charge in [-0.3, -0.25) is 0 Å². The Morgan fingerprint density at radius 3 is 2.59 bits per heavy atom. The van der Waals surface area contributed by atoms with Crippen LogP contribution in [0.5, 0.6) is 0 Å². The lowest BCUT2D eigenvalue weighted by molar-refractivity contribution is -0.137. The number of furan rings is 1. The lowest BCUT2D eigenvalue weighted by atomic mass is 10.2. The molecule has 0 spiro atoms. The van der Waals surface area contributed by atoms with Crippen LogP contribution in [0.25, 0.3) is 0 Å². The van der Waals surface area contributed by atoms with E-state index < -0.39 is 32.8 Å². The number of sulfonamides is 1. The van der Waals surface area contributed by atoms with Crippen LogP contribution in [-0.4, -0.2) is 13.5 Å². The highest BCUT2D eigenvalue weighted by atomic mass is 32.2. The minimum atomic E-state index is -4.63. The normalized spacial score (nSPS) is 13.6. The Morgan fingerprint density at radius 1 is 1.15 bits per heavy atom. The van der Waals surface area contributed by atoms with Gasteiger partial charge in [-0.05, 0) is 42.5 Å². The fraction of sp³-hybridized carbons (Fsp3) is 0.176. The molecule has 0 saturated carbocycles. The maximum absolute atomic E-state index is 12.8. The first-order chi connectivity index (χ1) is 12.7. The number of hydrogen-bond donors (Lipinski definition) is 2. The van der Waals surface area contributed by atoms with E-state index in [1.54, 1.807) is 24.3 Å². The molecule has 2 N–H and O–H groups in total. The highest BCUT2D eigenvalue weighted by molar-refractivity contribution is 7.89. The van der Waals surface area contributed by atoms with Gasteiger partial charge in [-0.1, -0.05) is 6.07 Å². The Hall–Kier alpha value is -2.14. The van der Waals surface area contributed by atoms with Crippen LogP contribution in [0.2, 0.25) is 0 Å². The lowest BCUT2D eigenvalue weighted by Gasteiger charge is -2.10. The van der Waals surface area contributed by atoms with E-state index in [0.717, 1.165) is 18.2 Å². The molecule has 2 heterocycles. The summed E-state index contributed by atoms with van der Waals surface area (Å²) in [4.78, 5) is 0.675. The number of nitrogens with one attached hydrogen (secondary N) is 1. The van der Waals surface area contributed by atoms with Crippen LogP contribution in [-0.2, 0) is 22.7 Å². The molecule has 3 aromatic rings. The molecule has 0 aliphatic carbocycles. The molecule has 2 aromatic heterocycles. The van der Waals surface area contributed by atoms with Gasteiger partial charge in [0.25, 0.3) is 0 Å². The van der Waals surface area contributed by atoms with Crippen LogP contribution in [0.4, 0.5) is 13.2 Å². The van der Waals surface area contributed by atoms with Gasteiger partial charge in [0.2, 0.25) is 10.0 Å². The first kappa shape index (κ1) is 19.6. The molecule has 1 aromatic carbocycles. The van der Waals surface area contributed by atoms with E-state index in [1.807, 2.05) is 0 Å². The van der Waals surface area contributed by atoms with Crippen LogP contribution < -0.4 is 4.72 Å². The summed E-state index contributed by atoms with van der Waals surface area (Å²) in [6.45, 7) is -0.117. The van der Waals surface area contributed by atoms with Gasteiger partial charge in [-0.15, -0.1) is 11.3 Å². The summed E-state index contributed by atoms with van der Waals surface area (Å²) < 4.78 is 70.2. The van der Waals surface area contributed by atoms with Gasteiger partial charge in [-0.25, -0.2) is 13.1 Å². The minimum Gasteiger partial charge on any atom is -0.466 e. The van der Waals surface area contributed by atoms with E-state index in [9.17, 15) is 26.7 Å². The summed E-state index contributed by atoms with van der Waals surface area (Å²) in [7, 11) is -4.12. The predicted octanol–water partition coefficient (Wildman–Crippen LogP) is 3.92. The van der Waals surface area contributed by atoms with E-state index in [-0.39, 0.29) is 6.54 Å². The summed E-state index contributed by atoms with van der Waals surface area (Å²) in [5.41, 5.74) is -1.04. The molecule has 3 rings (SSSR count). The zero-order valence-electron chi connectivity index (χ0n) is 13.6. The second kappa shape index (κ2) is 7.47. The van der Waals surface area contributed by atoms with Gasteiger partial charge in [0.05, 0.1) is 16.7 Å². The monoisotopic (exact) mass is 417 g/mol. The first-order valence-corrected chi connectivity index (χ1v) is 9.94. The molecule has 0 bridgehead atoms. The fourth-order valence-electron chi connectivity index (χ4n) is 2.31. The van der Waals surface area contributed by atoms with E-state index in [2.05, 4.69) is 4.72 Å². The van der Waals surface area contributed by atoms with Crippen molar-refractivity contribution in [3.05, 3.63) is 75.9 Å². The molecule has 0 amide bonds. The maximum atomic E-state index is 12.8. The summed E-state index contributed by atoms with van der Waals surface area (Å²) in [5.74, 6) is 0.355. The molecular formula is C17H14F3NO4S2. The number of rotatable bonds is 6. The number of aliphatic hydroxyl groups excluding tert-OH is 1. The molecule has 0 fully saturated rings. The van der Waals surface area contributed by atoms with Crippen molar-refractivity contribution in [1.29, 1.82) is 0 Å². The van der Waals surface area contributed by atoms with Crippen molar-refractivity contribution in [2.45, 2.75) is 23.7 Å². The molecule has 1 atom stereocenters. The topological polar surface area (TPSA) is 79.5 Å². The summed E-state index contributed by atoms with van der Waals surface area (Å²) in [6.07, 6.45) is -4.18. The molecular weight excluding hydrogens is 403 g/mol. The molecule has 10 heteroatoms. The molecule has 0 aliphatic rings. The number of halogens is 3. The van der Waals surface area contributed by atoms with Gasteiger partial charge in [0, 0.05) is 16.3 Å². The summed E-state index contributed by atoms with van der Waals surface area (Å²) in [5, 5.41) is 10.2. The number of alkyl halides is 3. The molecule has 144 valence electrons. The molecule has 0 aliphatic heterocycles. The minimum absolute atomic E-state index is 0.117. The second-order valence-corrected chi connectivity index (χ2v) is 8.54. The molecule has 5 nitrogen and oxygen atoms in total. The third-order valence-electron chi connectivity index (χ3n) is 3.67. The van der Waals surface area contributed by atoms with Crippen LogP contribution in [0.1, 0.15) is 27.2 Å². The van der Waals surface area contributed by atoms with Gasteiger partial charge < -0.3 is 9.52 Å². The first-order valence-electron chi connectivity index (χ1n) is 7.64. The molecule has 0 radical (unpaired) electrons. The van der Waals surface area contributed by atoms with E-state index in [4.69, 9.17) is 4.42 Å². The smallest absolute Gasteiger partial charge is 0.416 e. The average molecular weight is 417 g/mol. The predicted molar refractivity (Wildman–Crippen MR) is 92.6 cm³/mol. The van der Waals surface area contributed by atoms with Gasteiger partial charge in [-0.2, -0.15) is 13.2 Å². The standard InChI is InChI=1S/C17H14F3NO4S2/c18-17(19,20)11-3-1-4-13(9-11)27(23,24)21-10-12-6-7-15(26-12)16(22)14-5-2-8-25-14/h1-9,16,21-22H,10H2. The number of benzene rings is 1.